The summed E-state index contributed by atoms with van der Waals surface area (Å²) in [6.45, 7) is 13.5. The molecule has 3 N–H and O–H groups in total. The molecule has 3 aromatic rings. The van der Waals surface area contributed by atoms with Crippen molar-refractivity contribution in [2.75, 3.05) is 12.0 Å². The van der Waals surface area contributed by atoms with Gasteiger partial charge in [-0.05, 0) is 74.9 Å². The fourth-order valence-corrected chi connectivity index (χ4v) is 3.07. The monoisotopic (exact) mass is 411 g/mol. The molecule has 0 bridgehead atoms. The molecule has 0 saturated carbocycles. The van der Waals surface area contributed by atoms with Gasteiger partial charge >= 0.3 is 5.97 Å². The van der Waals surface area contributed by atoms with E-state index in [1.807, 2.05) is 45.9 Å². The molecule has 0 radical (unpaired) electrons. The standard InChI is InChI=1S/C22H27N3O3.C2H6/c1-14(2)22(27)28-12-6-5-7-17-9-11-19(21(26)16(17)4)24-25-20-13-15(3)8-10-18(20)23-25;1-2/h8-11,13,23-24,26H,1,5-7,12H2,2-4H3;1-2H3. The lowest BCUT2D eigenvalue weighted by Crippen LogP contribution is -2.19. The Balaban J connectivity index is 0.00000155. The van der Waals surface area contributed by atoms with E-state index in [9.17, 15) is 9.90 Å². The summed E-state index contributed by atoms with van der Waals surface area (Å²) in [4.78, 5) is 13.2. The van der Waals surface area contributed by atoms with Gasteiger partial charge in [-0.2, -0.15) is 4.79 Å². The minimum atomic E-state index is -0.347. The number of aryl methyl sites for hydroxylation is 2. The van der Waals surface area contributed by atoms with Crippen molar-refractivity contribution in [1.29, 1.82) is 0 Å². The third kappa shape index (κ3) is 5.47. The Kier molecular flexibility index (Phi) is 8.16. The van der Waals surface area contributed by atoms with Crippen molar-refractivity contribution in [2.45, 2.75) is 53.9 Å². The summed E-state index contributed by atoms with van der Waals surface area (Å²) in [5.74, 6) is -0.102. The van der Waals surface area contributed by atoms with Gasteiger partial charge in [-0.1, -0.05) is 32.6 Å². The number of carbonyl (C=O) groups is 1. The lowest BCUT2D eigenvalue weighted by Gasteiger charge is -2.20. The number of ether oxygens (including phenoxy) is 1. The molecule has 6 nitrogen and oxygen atoms in total. The van der Waals surface area contributed by atoms with Gasteiger partial charge in [-0.3, -0.25) is 10.5 Å². The number of hydrogen-bond acceptors (Lipinski definition) is 4. The van der Waals surface area contributed by atoms with Crippen LogP contribution in [-0.4, -0.2) is 27.6 Å². The molecule has 162 valence electrons. The number of aromatic hydroxyl groups is 1. The minimum Gasteiger partial charge on any atom is -0.505 e. The van der Waals surface area contributed by atoms with Gasteiger partial charge in [0.25, 0.3) is 0 Å². The van der Waals surface area contributed by atoms with E-state index in [1.165, 1.54) is 5.56 Å². The van der Waals surface area contributed by atoms with E-state index in [0.717, 1.165) is 41.4 Å². The number of H-pyrrole nitrogens is 1. The normalized spacial score (nSPS) is 10.4. The number of fused-ring (bicyclic) bond motifs is 1. The van der Waals surface area contributed by atoms with Gasteiger partial charge in [0.05, 0.1) is 17.8 Å². The fourth-order valence-electron chi connectivity index (χ4n) is 3.07. The highest BCUT2D eigenvalue weighted by atomic mass is 16.5. The smallest absolute Gasteiger partial charge is 0.333 e. The predicted molar refractivity (Wildman–Crippen MR) is 123 cm³/mol. The molecule has 0 aliphatic carbocycles. The third-order valence-electron chi connectivity index (χ3n) is 4.82. The molecule has 0 fully saturated rings. The number of benzene rings is 2. The molecule has 6 heteroatoms. The summed E-state index contributed by atoms with van der Waals surface area (Å²) in [6.07, 6.45) is 2.46. The number of carbonyl (C=O) groups excluding carboxylic acids is 1. The number of aromatic nitrogens is 2. The van der Waals surface area contributed by atoms with Crippen molar-refractivity contribution >= 4 is 22.7 Å². The van der Waals surface area contributed by atoms with E-state index in [1.54, 1.807) is 11.7 Å². The number of phenols is 1. The van der Waals surface area contributed by atoms with Gasteiger partial charge < -0.3 is 9.84 Å². The van der Waals surface area contributed by atoms with Crippen LogP contribution in [0.1, 0.15) is 50.3 Å². The summed E-state index contributed by atoms with van der Waals surface area (Å²) in [6, 6.07) is 10.1. The second-order valence-electron chi connectivity index (χ2n) is 7.20. The van der Waals surface area contributed by atoms with Crippen LogP contribution < -0.4 is 5.43 Å². The van der Waals surface area contributed by atoms with Crippen molar-refractivity contribution in [1.82, 2.24) is 9.89 Å². The lowest BCUT2D eigenvalue weighted by molar-refractivity contribution is -0.139. The van der Waals surface area contributed by atoms with Gasteiger partial charge in [0, 0.05) is 5.57 Å². The number of phenolic OH excluding ortho intramolecular Hbond substituents is 1. The van der Waals surface area contributed by atoms with E-state index >= 15 is 0 Å². The number of rotatable bonds is 8. The zero-order chi connectivity index (χ0) is 22.3. The Hall–Kier alpha value is -3.15. The highest BCUT2D eigenvalue weighted by molar-refractivity contribution is 5.86. The first-order chi connectivity index (χ1) is 14.4. The second kappa shape index (κ2) is 10.6. The van der Waals surface area contributed by atoms with Crippen LogP contribution >= 0.6 is 0 Å². The minimum absolute atomic E-state index is 0.245. The Morgan fingerprint density at radius 2 is 1.93 bits per heavy atom. The van der Waals surface area contributed by atoms with E-state index < -0.39 is 0 Å². The van der Waals surface area contributed by atoms with Gasteiger partial charge in [0.2, 0.25) is 0 Å². The number of aromatic amines is 1. The highest BCUT2D eigenvalue weighted by Crippen LogP contribution is 2.31. The first kappa shape index (κ1) is 23.1. The second-order valence-corrected chi connectivity index (χ2v) is 7.20. The average Bonchev–Trinajstić information content (AvgIpc) is 2.73. The molecule has 0 unspecified atom stereocenters. The summed E-state index contributed by atoms with van der Waals surface area (Å²) >= 11 is 0. The summed E-state index contributed by atoms with van der Waals surface area (Å²) in [7, 11) is 0. The molecule has 1 heterocycles. The Morgan fingerprint density at radius 3 is 2.63 bits per heavy atom. The van der Waals surface area contributed by atoms with Gasteiger partial charge in [-0.25, -0.2) is 4.79 Å². The number of hydrogen-bond donors (Lipinski definition) is 3. The van der Waals surface area contributed by atoms with Crippen LogP contribution in [0.4, 0.5) is 5.69 Å². The number of unbranched alkanes of at least 4 members (excludes halogenated alkanes) is 1. The van der Waals surface area contributed by atoms with Crippen molar-refractivity contribution in [2.24, 2.45) is 0 Å². The van der Waals surface area contributed by atoms with Crippen molar-refractivity contribution in [3.8, 4) is 5.75 Å². The zero-order valence-corrected chi connectivity index (χ0v) is 18.6. The molecule has 0 aliphatic rings. The SMILES string of the molecule is C=C(C)C(=O)OCCCCc1ccc(Nn2[nH]c3ccc(C)cc32)c(O)c1C.CC. The molecule has 0 atom stereocenters. The largest absolute Gasteiger partial charge is 0.505 e. The van der Waals surface area contributed by atoms with Crippen molar-refractivity contribution < 1.29 is 14.6 Å². The van der Waals surface area contributed by atoms with Gasteiger partial charge in [-0.15, -0.1) is 0 Å². The molecule has 2 aromatic carbocycles. The van der Waals surface area contributed by atoms with Crippen LogP contribution in [0.2, 0.25) is 0 Å². The zero-order valence-electron chi connectivity index (χ0n) is 18.6. The van der Waals surface area contributed by atoms with Crippen LogP contribution in [0, 0.1) is 13.8 Å². The quantitative estimate of drug-likeness (QED) is 0.194. The first-order valence-corrected chi connectivity index (χ1v) is 10.4. The molecule has 0 spiro atoms. The van der Waals surface area contributed by atoms with Gasteiger partial charge in [0.15, 0.2) is 0 Å². The fraction of sp³-hybridized carbons (Fsp3) is 0.375. The molecule has 30 heavy (non-hydrogen) atoms. The Bertz CT molecular complexity index is 1010. The number of anilines is 1. The topological polar surface area (TPSA) is 79.3 Å². The van der Waals surface area contributed by atoms with Crippen molar-refractivity contribution in [3.63, 3.8) is 0 Å². The van der Waals surface area contributed by atoms with E-state index in [0.29, 0.717) is 17.9 Å². The average molecular weight is 412 g/mol. The van der Waals surface area contributed by atoms with Crippen molar-refractivity contribution in [3.05, 3.63) is 59.2 Å². The van der Waals surface area contributed by atoms with Crippen LogP contribution in [0.25, 0.3) is 11.0 Å². The third-order valence-corrected chi connectivity index (χ3v) is 4.82. The van der Waals surface area contributed by atoms with E-state index in [4.69, 9.17) is 4.74 Å². The molecule has 0 saturated heterocycles. The van der Waals surface area contributed by atoms with E-state index in [2.05, 4.69) is 29.2 Å². The molecule has 0 amide bonds. The summed E-state index contributed by atoms with van der Waals surface area (Å²) in [5.41, 5.74) is 9.49. The van der Waals surface area contributed by atoms with Crippen LogP contribution in [0.15, 0.2) is 42.5 Å². The first-order valence-electron chi connectivity index (χ1n) is 10.4. The van der Waals surface area contributed by atoms with Gasteiger partial charge in [0.1, 0.15) is 11.3 Å². The molecular formula is C24H33N3O3. The highest BCUT2D eigenvalue weighted by Gasteiger charge is 2.12. The maximum atomic E-state index is 11.4. The molecule has 3 rings (SSSR count). The maximum absolute atomic E-state index is 11.4. The maximum Gasteiger partial charge on any atom is 0.333 e. The predicted octanol–water partition coefficient (Wildman–Crippen LogP) is 5.64. The molecule has 0 aliphatic heterocycles. The molecule has 1 aromatic heterocycles. The number of nitrogens with zero attached hydrogens (tertiary/aromatic N) is 1. The molecular weight excluding hydrogens is 378 g/mol. The Morgan fingerprint density at radius 1 is 1.20 bits per heavy atom. The lowest BCUT2D eigenvalue weighted by atomic mass is 10.0. The summed E-state index contributed by atoms with van der Waals surface area (Å²) < 4.78 is 5.10. The number of esters is 1. The Labute approximate surface area is 178 Å². The van der Waals surface area contributed by atoms with Crippen LogP contribution in [-0.2, 0) is 16.0 Å². The number of nitrogens with one attached hydrogen (secondary N) is 2. The van der Waals surface area contributed by atoms with E-state index in [-0.39, 0.29) is 11.7 Å². The van der Waals surface area contributed by atoms with Crippen LogP contribution in [0.3, 0.4) is 0 Å². The summed E-state index contributed by atoms with van der Waals surface area (Å²) in [5, 5.41) is 13.8. The van der Waals surface area contributed by atoms with Crippen LogP contribution in [0.5, 0.6) is 5.75 Å².